The molecule has 3 amide bonds. The Morgan fingerprint density at radius 2 is 1.88 bits per heavy atom. The summed E-state index contributed by atoms with van der Waals surface area (Å²) in [7, 11) is 1.60. The maximum Gasteiger partial charge on any atom is 0.319 e. The van der Waals surface area contributed by atoms with E-state index in [-0.39, 0.29) is 29.8 Å². The highest BCUT2D eigenvalue weighted by Crippen LogP contribution is 2.29. The van der Waals surface area contributed by atoms with E-state index in [4.69, 9.17) is 16.3 Å². The molecule has 1 aromatic heterocycles. The molecular weight excluding hydrogens is 442 g/mol. The predicted molar refractivity (Wildman–Crippen MR) is 128 cm³/mol. The van der Waals surface area contributed by atoms with E-state index in [1.54, 1.807) is 37.6 Å². The van der Waals surface area contributed by atoms with Crippen molar-refractivity contribution < 1.29 is 14.3 Å². The minimum Gasteiger partial charge on any atom is -0.495 e. The van der Waals surface area contributed by atoms with Gasteiger partial charge in [-0.3, -0.25) is 9.78 Å². The maximum absolute atomic E-state index is 13.2. The van der Waals surface area contributed by atoms with Gasteiger partial charge in [-0.2, -0.15) is 0 Å². The van der Waals surface area contributed by atoms with Gasteiger partial charge in [-0.25, -0.2) is 4.79 Å². The van der Waals surface area contributed by atoms with Gasteiger partial charge in [0.2, 0.25) is 5.91 Å². The van der Waals surface area contributed by atoms with Gasteiger partial charge in [-0.15, -0.1) is 0 Å². The quantitative estimate of drug-likeness (QED) is 0.622. The number of amides is 3. The molecule has 1 aromatic carbocycles. The van der Waals surface area contributed by atoms with Gasteiger partial charge in [0.05, 0.1) is 13.3 Å². The number of hydrogen-bond acceptors (Lipinski definition) is 5. The molecule has 0 spiro atoms. The number of pyridine rings is 1. The van der Waals surface area contributed by atoms with E-state index in [0.717, 1.165) is 31.6 Å². The van der Waals surface area contributed by atoms with Crippen LogP contribution in [0.4, 0.5) is 10.5 Å². The molecule has 2 atom stereocenters. The van der Waals surface area contributed by atoms with Crippen LogP contribution in [0.5, 0.6) is 5.75 Å². The highest BCUT2D eigenvalue weighted by molar-refractivity contribution is 6.30. The van der Waals surface area contributed by atoms with Crippen molar-refractivity contribution in [3.05, 3.63) is 53.3 Å². The van der Waals surface area contributed by atoms with Crippen LogP contribution in [-0.4, -0.2) is 61.2 Å². The van der Waals surface area contributed by atoms with E-state index >= 15 is 0 Å². The van der Waals surface area contributed by atoms with Crippen LogP contribution in [0.15, 0.2) is 42.6 Å². The number of methoxy groups -OCH3 is 1. The van der Waals surface area contributed by atoms with Crippen LogP contribution in [0.25, 0.3) is 0 Å². The van der Waals surface area contributed by atoms with Crippen molar-refractivity contribution >= 4 is 29.2 Å². The van der Waals surface area contributed by atoms with Crippen LogP contribution in [0.1, 0.15) is 30.9 Å². The lowest BCUT2D eigenvalue weighted by molar-refractivity contribution is -0.137. The van der Waals surface area contributed by atoms with Crippen LogP contribution in [0, 0.1) is 5.92 Å². The van der Waals surface area contributed by atoms with Gasteiger partial charge >= 0.3 is 6.03 Å². The van der Waals surface area contributed by atoms with Gasteiger partial charge in [0.25, 0.3) is 0 Å². The number of likely N-dealkylation sites (tertiary alicyclic amines) is 1. The zero-order valence-corrected chi connectivity index (χ0v) is 19.5. The number of hydrogen-bond donors (Lipinski definition) is 3. The SMILES string of the molecule is COc1ccc([C@@H]2CN(C(=O)C3CCNCC3)CC[C@H]2NC(=O)Nc2ccc(Cl)cc2)nc1. The fraction of sp³-hybridized carbons (Fsp3) is 0.458. The molecule has 0 bridgehead atoms. The van der Waals surface area contributed by atoms with Gasteiger partial charge in [0, 0.05) is 47.4 Å². The second kappa shape index (κ2) is 10.9. The second-order valence-electron chi connectivity index (χ2n) is 8.54. The van der Waals surface area contributed by atoms with Crippen molar-refractivity contribution in [2.45, 2.75) is 31.2 Å². The summed E-state index contributed by atoms with van der Waals surface area (Å²) in [4.78, 5) is 32.4. The predicted octanol–water partition coefficient (Wildman–Crippen LogP) is 3.25. The Balaban J connectivity index is 1.47. The zero-order chi connectivity index (χ0) is 23.2. The van der Waals surface area contributed by atoms with Crippen LogP contribution >= 0.6 is 11.6 Å². The van der Waals surface area contributed by atoms with Crippen molar-refractivity contribution in [3.8, 4) is 5.75 Å². The summed E-state index contributed by atoms with van der Waals surface area (Å²) in [5, 5.41) is 9.88. The van der Waals surface area contributed by atoms with Gasteiger partial charge < -0.3 is 25.6 Å². The van der Waals surface area contributed by atoms with Gasteiger partial charge in [0.15, 0.2) is 0 Å². The van der Waals surface area contributed by atoms with Gasteiger partial charge in [-0.05, 0) is 68.8 Å². The number of aromatic nitrogens is 1. The summed E-state index contributed by atoms with van der Waals surface area (Å²) in [5.74, 6) is 0.820. The third-order valence-electron chi connectivity index (χ3n) is 6.41. The van der Waals surface area contributed by atoms with Crippen molar-refractivity contribution in [1.82, 2.24) is 20.5 Å². The number of urea groups is 1. The highest BCUT2D eigenvalue weighted by Gasteiger charge is 2.36. The molecular formula is C24H30ClN5O3. The Labute approximate surface area is 199 Å². The first kappa shape index (κ1) is 23.3. The number of carbonyl (C=O) groups excluding carboxylic acids is 2. The van der Waals surface area contributed by atoms with E-state index in [1.807, 2.05) is 17.0 Å². The normalized spacial score (nSPS) is 21.3. The van der Waals surface area contributed by atoms with Crippen LogP contribution in [0.2, 0.25) is 5.02 Å². The first-order chi connectivity index (χ1) is 16.0. The summed E-state index contributed by atoms with van der Waals surface area (Å²) in [6, 6.07) is 10.3. The summed E-state index contributed by atoms with van der Waals surface area (Å²) in [6.45, 7) is 2.89. The lowest BCUT2D eigenvalue weighted by Crippen LogP contribution is -2.53. The number of nitrogens with zero attached hydrogens (tertiary/aromatic N) is 2. The molecule has 0 aliphatic carbocycles. The van der Waals surface area contributed by atoms with E-state index < -0.39 is 0 Å². The molecule has 8 nitrogen and oxygen atoms in total. The number of rotatable bonds is 5. The molecule has 3 heterocycles. The Morgan fingerprint density at radius 3 is 2.55 bits per heavy atom. The summed E-state index contributed by atoms with van der Waals surface area (Å²) >= 11 is 5.93. The molecule has 0 radical (unpaired) electrons. The number of ether oxygens (including phenoxy) is 1. The van der Waals surface area contributed by atoms with Gasteiger partial charge in [-0.1, -0.05) is 11.6 Å². The summed E-state index contributed by atoms with van der Waals surface area (Å²) in [6.07, 6.45) is 4.06. The Bertz CT molecular complexity index is 948. The van der Waals surface area contributed by atoms with E-state index in [9.17, 15) is 9.59 Å². The smallest absolute Gasteiger partial charge is 0.319 e. The Hall–Kier alpha value is -2.84. The molecule has 33 heavy (non-hydrogen) atoms. The molecule has 0 unspecified atom stereocenters. The Morgan fingerprint density at radius 1 is 1.12 bits per heavy atom. The fourth-order valence-electron chi connectivity index (χ4n) is 4.55. The first-order valence-electron chi connectivity index (χ1n) is 11.4. The highest BCUT2D eigenvalue weighted by atomic mass is 35.5. The van der Waals surface area contributed by atoms with Crippen molar-refractivity contribution in [2.75, 3.05) is 38.6 Å². The molecule has 2 fully saturated rings. The van der Waals surface area contributed by atoms with Crippen molar-refractivity contribution in [1.29, 1.82) is 0 Å². The van der Waals surface area contributed by atoms with Crippen LogP contribution in [-0.2, 0) is 4.79 Å². The minimum atomic E-state index is -0.293. The average Bonchev–Trinajstić information content (AvgIpc) is 2.86. The maximum atomic E-state index is 13.2. The number of anilines is 1. The molecule has 4 rings (SSSR count). The topological polar surface area (TPSA) is 95.6 Å². The van der Waals surface area contributed by atoms with Gasteiger partial charge in [0.1, 0.15) is 5.75 Å². The second-order valence-corrected chi connectivity index (χ2v) is 8.97. The lowest BCUT2D eigenvalue weighted by atomic mass is 9.87. The van der Waals surface area contributed by atoms with Crippen LogP contribution < -0.4 is 20.7 Å². The summed E-state index contributed by atoms with van der Waals surface area (Å²) < 4.78 is 5.24. The number of carbonyl (C=O) groups is 2. The van der Waals surface area contributed by atoms with Crippen molar-refractivity contribution in [2.24, 2.45) is 5.92 Å². The monoisotopic (exact) mass is 471 g/mol. The van der Waals surface area contributed by atoms with Crippen LogP contribution in [0.3, 0.4) is 0 Å². The molecule has 2 aromatic rings. The van der Waals surface area contributed by atoms with E-state index in [1.165, 1.54) is 0 Å². The molecule has 3 N–H and O–H groups in total. The number of benzene rings is 1. The molecule has 9 heteroatoms. The van der Waals surface area contributed by atoms with Crippen molar-refractivity contribution in [3.63, 3.8) is 0 Å². The lowest BCUT2D eigenvalue weighted by Gasteiger charge is -2.40. The van der Waals surface area contributed by atoms with E-state index in [2.05, 4.69) is 20.9 Å². The summed E-state index contributed by atoms with van der Waals surface area (Å²) in [5.41, 5.74) is 1.49. The third-order valence-corrected chi connectivity index (χ3v) is 6.66. The minimum absolute atomic E-state index is 0.0634. The van der Waals surface area contributed by atoms with E-state index in [0.29, 0.717) is 36.0 Å². The fourth-order valence-corrected chi connectivity index (χ4v) is 4.68. The standard InChI is InChI=1S/C24H30ClN5O3/c1-33-19-6-7-21(27-14-19)20-15-30(23(31)16-8-11-26-12-9-16)13-10-22(20)29-24(32)28-18-4-2-17(25)3-5-18/h2-7,14,16,20,22,26H,8-13,15H2,1H3,(H2,28,29,32)/t20-,22+/m0/s1. The molecule has 2 saturated heterocycles. The molecule has 176 valence electrons. The largest absolute Gasteiger partial charge is 0.495 e. The Kier molecular flexibility index (Phi) is 7.67. The number of piperidine rings is 2. The molecule has 0 saturated carbocycles. The number of nitrogens with one attached hydrogen (secondary N) is 3. The average molecular weight is 472 g/mol. The third kappa shape index (κ3) is 5.94. The zero-order valence-electron chi connectivity index (χ0n) is 18.7. The molecule has 2 aliphatic rings. The first-order valence-corrected chi connectivity index (χ1v) is 11.7. The molecule has 2 aliphatic heterocycles. The number of halogens is 1.